The molecule has 0 atom stereocenters. The van der Waals surface area contributed by atoms with E-state index in [0.717, 1.165) is 0 Å². The molecule has 0 radical (unpaired) electrons. The third-order valence-corrected chi connectivity index (χ3v) is 7.64. The fourth-order valence-electron chi connectivity index (χ4n) is 2.22. The van der Waals surface area contributed by atoms with Crippen LogP contribution in [0.5, 0.6) is 0 Å². The van der Waals surface area contributed by atoms with Crippen molar-refractivity contribution in [2.75, 3.05) is 6.16 Å². The lowest BCUT2D eigenvalue weighted by molar-refractivity contribution is -0.136. The van der Waals surface area contributed by atoms with Crippen LogP contribution in [0.3, 0.4) is 0 Å². The van der Waals surface area contributed by atoms with Crippen molar-refractivity contribution in [3.05, 3.63) is 0 Å². The van der Waals surface area contributed by atoms with Crippen molar-refractivity contribution in [2.24, 2.45) is 0 Å². The van der Waals surface area contributed by atoms with Crippen molar-refractivity contribution in [2.45, 2.75) is 98.3 Å². The molecule has 0 aromatic carbocycles. The molecule has 0 aromatic rings. The Morgan fingerprint density at radius 2 is 1.14 bits per heavy atom. The summed E-state index contributed by atoms with van der Waals surface area (Å²) in [4.78, 5) is 12.2. The monoisotopic (exact) mass is 450 g/mol. The third kappa shape index (κ3) is 9.10. The number of carbonyl (C=O) groups is 1. The van der Waals surface area contributed by atoms with E-state index in [1.165, 1.54) is 27.7 Å². The molecule has 11 heteroatoms. The van der Waals surface area contributed by atoms with Crippen LogP contribution < -0.4 is 0 Å². The highest BCUT2D eigenvalue weighted by atomic mass is 31.2. The van der Waals surface area contributed by atoms with Crippen LogP contribution in [0.4, 0.5) is 8.78 Å². The molecule has 0 saturated carbocycles. The van der Waals surface area contributed by atoms with Gasteiger partial charge in [0.15, 0.2) is 0 Å². The van der Waals surface area contributed by atoms with Crippen molar-refractivity contribution >= 4 is 21.0 Å². The van der Waals surface area contributed by atoms with Gasteiger partial charge in [0, 0.05) is 6.42 Å². The van der Waals surface area contributed by atoms with E-state index in [-0.39, 0.29) is 12.6 Å². The Bertz CT molecular complexity index is 564. The Hall–Kier alpha value is -0.170. The maximum atomic E-state index is 14.6. The van der Waals surface area contributed by atoms with E-state index in [1.807, 2.05) is 0 Å². The van der Waals surface area contributed by atoms with Gasteiger partial charge in [-0.2, -0.15) is 8.78 Å². The molecule has 168 valence electrons. The first-order chi connectivity index (χ1) is 12.5. The third-order valence-electron chi connectivity index (χ3n) is 2.96. The van der Waals surface area contributed by atoms with E-state index in [2.05, 4.69) is 0 Å². The summed E-state index contributed by atoms with van der Waals surface area (Å²) >= 11 is 0. The smallest absolute Gasteiger partial charge is 0.306 e. The molecule has 0 spiro atoms. The second-order valence-electron chi connectivity index (χ2n) is 7.52. The highest BCUT2D eigenvalue weighted by molar-refractivity contribution is 7.56. The molecule has 0 aromatic heterocycles. The van der Waals surface area contributed by atoms with Gasteiger partial charge >= 0.3 is 20.9 Å². The maximum absolute atomic E-state index is 14.6. The van der Waals surface area contributed by atoms with Crippen LogP contribution in [-0.4, -0.2) is 42.0 Å². The highest BCUT2D eigenvalue weighted by Gasteiger charge is 2.59. The summed E-state index contributed by atoms with van der Waals surface area (Å²) < 4.78 is 74.9. The number of carbonyl (C=O) groups excluding carboxylic acids is 1. The molecule has 7 nitrogen and oxygen atoms in total. The van der Waals surface area contributed by atoms with Gasteiger partial charge in [0.2, 0.25) is 5.78 Å². The van der Waals surface area contributed by atoms with E-state index in [0.29, 0.717) is 0 Å². The molecule has 0 saturated heterocycles. The van der Waals surface area contributed by atoms with Crippen molar-refractivity contribution in [3.63, 3.8) is 0 Å². The van der Waals surface area contributed by atoms with Crippen molar-refractivity contribution in [1.29, 1.82) is 0 Å². The second kappa shape index (κ2) is 11.3. The lowest BCUT2D eigenvalue weighted by atomic mass is 10.2. The average Bonchev–Trinajstić information content (AvgIpc) is 2.42. The van der Waals surface area contributed by atoms with Crippen molar-refractivity contribution in [3.8, 4) is 0 Å². The first-order valence-electron chi connectivity index (χ1n) is 9.38. The SMILES string of the molecule is CC(C)OP(=O)(CCCC(=O)C(F)(F)P(=O)(OC(C)C)OC(C)C)OC(C)C. The van der Waals surface area contributed by atoms with Gasteiger partial charge < -0.3 is 18.1 Å². The minimum Gasteiger partial charge on any atom is -0.306 e. The van der Waals surface area contributed by atoms with E-state index in [9.17, 15) is 22.7 Å². The fourth-order valence-corrected chi connectivity index (χ4v) is 6.15. The predicted molar refractivity (Wildman–Crippen MR) is 104 cm³/mol. The molecule has 28 heavy (non-hydrogen) atoms. The first kappa shape index (κ1) is 27.8. The number of rotatable bonds is 14. The summed E-state index contributed by atoms with van der Waals surface area (Å²) in [5.74, 6) is -1.60. The van der Waals surface area contributed by atoms with Gasteiger partial charge in [-0.15, -0.1) is 0 Å². The van der Waals surface area contributed by atoms with Gasteiger partial charge in [-0.25, -0.2) is 0 Å². The number of Topliss-reactive ketones (excluding diaryl/α,β-unsaturated/α-hetero) is 1. The molecule has 0 unspecified atom stereocenters. The molecule has 0 N–H and O–H groups in total. The molecule has 0 aliphatic heterocycles. The van der Waals surface area contributed by atoms with E-state index in [4.69, 9.17) is 18.1 Å². The largest absolute Gasteiger partial charge is 0.408 e. The Morgan fingerprint density at radius 3 is 1.46 bits per heavy atom. The summed E-state index contributed by atoms with van der Waals surface area (Å²) in [7, 11) is -8.59. The summed E-state index contributed by atoms with van der Waals surface area (Å²) in [5.41, 5.74) is -4.32. The minimum atomic E-state index is -5.03. The topological polar surface area (TPSA) is 88.1 Å². The molecule has 0 bridgehead atoms. The van der Waals surface area contributed by atoms with Gasteiger partial charge in [-0.05, 0) is 61.8 Å². The second-order valence-corrected chi connectivity index (χ2v) is 11.6. The van der Waals surface area contributed by atoms with E-state index < -0.39 is 57.5 Å². The Kier molecular flexibility index (Phi) is 11.2. The number of hydrogen-bond donors (Lipinski definition) is 0. The normalized spacial score (nSPS) is 13.9. The van der Waals surface area contributed by atoms with Crippen molar-refractivity contribution < 1.29 is 40.8 Å². The van der Waals surface area contributed by atoms with Gasteiger partial charge in [0.05, 0.1) is 30.6 Å². The Labute approximate surface area is 166 Å². The van der Waals surface area contributed by atoms with E-state index >= 15 is 0 Å². The fraction of sp³-hybridized carbons (Fsp3) is 0.941. The van der Waals surface area contributed by atoms with Gasteiger partial charge in [0.1, 0.15) is 0 Å². The molecular weight excluding hydrogens is 416 g/mol. The zero-order chi connectivity index (χ0) is 22.3. The zero-order valence-electron chi connectivity index (χ0n) is 17.9. The first-order valence-corrected chi connectivity index (χ1v) is 12.7. The van der Waals surface area contributed by atoms with Crippen LogP contribution in [0.25, 0.3) is 0 Å². The molecule has 0 aliphatic rings. The van der Waals surface area contributed by atoms with Crippen molar-refractivity contribution in [1.82, 2.24) is 0 Å². The minimum absolute atomic E-state index is 0.186. The van der Waals surface area contributed by atoms with Gasteiger partial charge in [-0.3, -0.25) is 13.9 Å². The average molecular weight is 450 g/mol. The highest BCUT2D eigenvalue weighted by Crippen LogP contribution is 2.64. The van der Waals surface area contributed by atoms with E-state index in [1.54, 1.807) is 27.7 Å². The van der Waals surface area contributed by atoms with Gasteiger partial charge in [0.25, 0.3) is 0 Å². The van der Waals surface area contributed by atoms with Crippen LogP contribution in [0.1, 0.15) is 68.2 Å². The Balaban J connectivity index is 5.24. The molecule has 0 amide bonds. The predicted octanol–water partition coefficient (Wildman–Crippen LogP) is 6.01. The molecule has 0 aliphatic carbocycles. The summed E-state index contributed by atoms with van der Waals surface area (Å²) in [5, 5.41) is 0. The quantitative estimate of drug-likeness (QED) is 0.299. The van der Waals surface area contributed by atoms with Gasteiger partial charge in [-0.1, -0.05) is 0 Å². The zero-order valence-corrected chi connectivity index (χ0v) is 19.7. The van der Waals surface area contributed by atoms with Crippen LogP contribution in [0, 0.1) is 0 Å². The lowest BCUT2D eigenvalue weighted by Gasteiger charge is -2.28. The molecule has 0 fully saturated rings. The van der Waals surface area contributed by atoms with Crippen LogP contribution in [-0.2, 0) is 32.0 Å². The standard InChI is InChI=1S/C17H34F2O7P2/c1-12(2)23-27(21,24-13(3)4)11-9-10-16(20)17(18,19)28(22,25-14(5)6)26-15(7)8/h12-15H,9-11H2,1-8H3. The Morgan fingerprint density at radius 1 is 0.786 bits per heavy atom. The molecule has 0 heterocycles. The van der Waals surface area contributed by atoms with Crippen LogP contribution in [0.2, 0.25) is 0 Å². The molecule has 0 rings (SSSR count). The maximum Gasteiger partial charge on any atom is 0.408 e. The number of alkyl halides is 2. The lowest BCUT2D eigenvalue weighted by Crippen LogP contribution is -2.32. The number of halogens is 2. The van der Waals surface area contributed by atoms with Crippen LogP contribution in [0.15, 0.2) is 0 Å². The molecular formula is C17H34F2O7P2. The summed E-state index contributed by atoms with van der Waals surface area (Å²) in [6.45, 7) is 12.3. The van der Waals surface area contributed by atoms with Crippen LogP contribution >= 0.6 is 15.2 Å². The summed E-state index contributed by atoms with van der Waals surface area (Å²) in [6, 6.07) is 0. The number of hydrogen-bond acceptors (Lipinski definition) is 7. The number of ketones is 1. The summed E-state index contributed by atoms with van der Waals surface area (Å²) in [6.07, 6.45) is -3.54.